The zero-order chi connectivity index (χ0) is 16.4. The molecule has 1 aromatic carbocycles. The van der Waals surface area contributed by atoms with Crippen molar-refractivity contribution in [2.75, 3.05) is 19.7 Å². The molecule has 1 aliphatic heterocycles. The number of nitrogens with one attached hydrogen (secondary N) is 1. The van der Waals surface area contributed by atoms with Gasteiger partial charge in [0.2, 0.25) is 5.89 Å². The van der Waals surface area contributed by atoms with Crippen LogP contribution < -0.4 is 5.32 Å². The van der Waals surface area contributed by atoms with Gasteiger partial charge in [0.1, 0.15) is 6.10 Å². The average molecular weight is 328 g/mol. The maximum atomic E-state index is 12.4. The third-order valence-electron chi connectivity index (χ3n) is 4.34. The van der Waals surface area contributed by atoms with E-state index >= 15 is 0 Å². The molecule has 0 radical (unpaired) electrons. The van der Waals surface area contributed by atoms with Gasteiger partial charge in [-0.3, -0.25) is 0 Å². The molecule has 0 unspecified atom stereocenters. The largest absolute Gasteiger partial charge is 0.370 e. The molecular formula is C17H20N4O3. The number of morpholine rings is 1. The molecule has 0 spiro atoms. The second-order valence-corrected chi connectivity index (χ2v) is 6.20. The Morgan fingerprint density at radius 2 is 2.12 bits per heavy atom. The second-order valence-electron chi connectivity index (χ2n) is 6.20. The highest BCUT2D eigenvalue weighted by Gasteiger charge is 2.29. The standard InChI is InChI=1S/C17H20N4O3/c22-17(18-10-15-19-16(20-24-15)13-6-7-13)21-8-9-23-14(11-21)12-4-2-1-3-5-12/h1-5,13-14H,6-11H2,(H,18,22)/t14-/m0/s1. The van der Waals surface area contributed by atoms with Crippen LogP contribution in [0.1, 0.15) is 42.1 Å². The van der Waals surface area contributed by atoms with E-state index in [0.29, 0.717) is 31.5 Å². The lowest BCUT2D eigenvalue weighted by Crippen LogP contribution is -2.47. The summed E-state index contributed by atoms with van der Waals surface area (Å²) in [5, 5.41) is 6.80. The van der Waals surface area contributed by atoms with Crippen LogP contribution in [0.3, 0.4) is 0 Å². The van der Waals surface area contributed by atoms with Crippen molar-refractivity contribution in [2.24, 2.45) is 0 Å². The Balaban J connectivity index is 1.31. The van der Waals surface area contributed by atoms with E-state index in [1.807, 2.05) is 30.3 Å². The van der Waals surface area contributed by atoms with Gasteiger partial charge in [-0.05, 0) is 18.4 Å². The van der Waals surface area contributed by atoms with Gasteiger partial charge in [0.05, 0.1) is 19.7 Å². The van der Waals surface area contributed by atoms with E-state index in [0.717, 1.165) is 24.2 Å². The first-order valence-corrected chi connectivity index (χ1v) is 8.31. The summed E-state index contributed by atoms with van der Waals surface area (Å²) < 4.78 is 11.0. The molecule has 1 N–H and O–H groups in total. The number of hydrogen-bond acceptors (Lipinski definition) is 5. The van der Waals surface area contributed by atoms with E-state index in [-0.39, 0.29) is 18.7 Å². The van der Waals surface area contributed by atoms with Crippen LogP contribution in [0.15, 0.2) is 34.9 Å². The van der Waals surface area contributed by atoms with Gasteiger partial charge in [-0.15, -0.1) is 0 Å². The van der Waals surface area contributed by atoms with Crippen molar-refractivity contribution in [1.82, 2.24) is 20.4 Å². The minimum atomic E-state index is -0.134. The third-order valence-corrected chi connectivity index (χ3v) is 4.34. The maximum Gasteiger partial charge on any atom is 0.318 e. The summed E-state index contributed by atoms with van der Waals surface area (Å²) in [5.41, 5.74) is 1.08. The Kier molecular flexibility index (Phi) is 4.17. The minimum absolute atomic E-state index is 0.0874. The molecule has 2 aliphatic rings. The number of urea groups is 1. The van der Waals surface area contributed by atoms with Crippen LogP contribution in [-0.4, -0.2) is 40.8 Å². The van der Waals surface area contributed by atoms with Crippen LogP contribution >= 0.6 is 0 Å². The molecule has 1 saturated carbocycles. The fraction of sp³-hybridized carbons (Fsp3) is 0.471. The highest BCUT2D eigenvalue weighted by Crippen LogP contribution is 2.38. The third kappa shape index (κ3) is 3.41. The van der Waals surface area contributed by atoms with E-state index in [1.54, 1.807) is 4.90 Å². The number of amides is 2. The van der Waals surface area contributed by atoms with Crippen molar-refractivity contribution >= 4 is 6.03 Å². The average Bonchev–Trinajstić information content (AvgIpc) is 3.39. The fourth-order valence-corrected chi connectivity index (χ4v) is 2.81. The van der Waals surface area contributed by atoms with Crippen molar-refractivity contribution in [1.29, 1.82) is 0 Å². The second kappa shape index (κ2) is 6.60. The molecule has 4 rings (SSSR count). The molecule has 126 valence electrons. The molecule has 0 bridgehead atoms. The number of aromatic nitrogens is 2. The zero-order valence-electron chi connectivity index (χ0n) is 13.4. The van der Waals surface area contributed by atoms with Crippen molar-refractivity contribution in [2.45, 2.75) is 31.4 Å². The molecule has 1 saturated heterocycles. The number of carbonyl (C=O) groups excluding carboxylic acids is 1. The fourth-order valence-electron chi connectivity index (χ4n) is 2.81. The number of rotatable bonds is 4. The topological polar surface area (TPSA) is 80.5 Å². The number of nitrogens with zero attached hydrogens (tertiary/aromatic N) is 3. The van der Waals surface area contributed by atoms with Gasteiger partial charge in [-0.2, -0.15) is 4.98 Å². The van der Waals surface area contributed by atoms with Crippen LogP contribution in [0, 0.1) is 0 Å². The maximum absolute atomic E-state index is 12.4. The Hall–Kier alpha value is -2.41. The Labute approximate surface area is 140 Å². The summed E-state index contributed by atoms with van der Waals surface area (Å²) in [6.45, 7) is 1.89. The normalized spacial score (nSPS) is 20.8. The molecule has 1 aliphatic carbocycles. The van der Waals surface area contributed by atoms with Gasteiger partial charge in [0.15, 0.2) is 5.82 Å². The monoisotopic (exact) mass is 328 g/mol. The highest BCUT2D eigenvalue weighted by molar-refractivity contribution is 5.74. The highest BCUT2D eigenvalue weighted by atomic mass is 16.5. The summed E-state index contributed by atoms with van der Waals surface area (Å²) >= 11 is 0. The molecule has 7 nitrogen and oxygen atoms in total. The molecular weight excluding hydrogens is 308 g/mol. The summed E-state index contributed by atoms with van der Waals surface area (Å²) in [6.07, 6.45) is 2.16. The van der Waals surface area contributed by atoms with Crippen molar-refractivity contribution in [3.05, 3.63) is 47.6 Å². The van der Waals surface area contributed by atoms with E-state index in [9.17, 15) is 4.79 Å². The minimum Gasteiger partial charge on any atom is -0.370 e. The number of hydrogen-bond donors (Lipinski definition) is 1. The van der Waals surface area contributed by atoms with Gasteiger partial charge in [-0.25, -0.2) is 4.79 Å². The first-order chi connectivity index (χ1) is 11.8. The molecule has 1 atom stereocenters. The van der Waals surface area contributed by atoms with Crippen molar-refractivity contribution in [3.8, 4) is 0 Å². The molecule has 2 aromatic rings. The van der Waals surface area contributed by atoms with E-state index in [2.05, 4.69) is 15.5 Å². The lowest BCUT2D eigenvalue weighted by atomic mass is 10.1. The summed E-state index contributed by atoms with van der Waals surface area (Å²) in [4.78, 5) is 18.5. The van der Waals surface area contributed by atoms with Gasteiger partial charge >= 0.3 is 6.03 Å². The molecule has 2 amide bonds. The van der Waals surface area contributed by atoms with Crippen LogP contribution in [0.4, 0.5) is 4.79 Å². The summed E-state index contributed by atoms with van der Waals surface area (Å²) in [7, 11) is 0. The summed E-state index contributed by atoms with van der Waals surface area (Å²) in [5.74, 6) is 1.66. The van der Waals surface area contributed by atoms with Crippen LogP contribution in [-0.2, 0) is 11.3 Å². The molecule has 2 heterocycles. The van der Waals surface area contributed by atoms with Gasteiger partial charge in [0, 0.05) is 12.5 Å². The lowest BCUT2D eigenvalue weighted by molar-refractivity contribution is -0.0155. The Bertz CT molecular complexity index is 699. The number of ether oxygens (including phenoxy) is 1. The Morgan fingerprint density at radius 3 is 2.92 bits per heavy atom. The number of carbonyl (C=O) groups is 1. The van der Waals surface area contributed by atoms with Crippen LogP contribution in [0.5, 0.6) is 0 Å². The van der Waals surface area contributed by atoms with Crippen molar-refractivity contribution in [3.63, 3.8) is 0 Å². The van der Waals surface area contributed by atoms with E-state index < -0.39 is 0 Å². The zero-order valence-corrected chi connectivity index (χ0v) is 13.4. The van der Waals surface area contributed by atoms with Gasteiger partial charge < -0.3 is 19.5 Å². The smallest absolute Gasteiger partial charge is 0.318 e. The van der Waals surface area contributed by atoms with E-state index in [4.69, 9.17) is 9.26 Å². The predicted octanol–water partition coefficient (Wildman–Crippen LogP) is 2.23. The summed E-state index contributed by atoms with van der Waals surface area (Å²) in [6, 6.07) is 9.82. The Morgan fingerprint density at radius 1 is 1.29 bits per heavy atom. The van der Waals surface area contributed by atoms with E-state index in [1.165, 1.54) is 0 Å². The quantitative estimate of drug-likeness (QED) is 0.931. The van der Waals surface area contributed by atoms with Gasteiger partial charge in [-0.1, -0.05) is 35.5 Å². The molecule has 2 fully saturated rings. The first-order valence-electron chi connectivity index (χ1n) is 8.31. The SMILES string of the molecule is O=C(NCc1nc(C2CC2)no1)N1CCO[C@H](c2ccccc2)C1. The van der Waals surface area contributed by atoms with Crippen molar-refractivity contribution < 1.29 is 14.1 Å². The molecule has 7 heteroatoms. The lowest BCUT2D eigenvalue weighted by Gasteiger charge is -2.33. The predicted molar refractivity (Wildman–Crippen MR) is 85.2 cm³/mol. The number of benzene rings is 1. The van der Waals surface area contributed by atoms with Crippen LogP contribution in [0.2, 0.25) is 0 Å². The molecule has 24 heavy (non-hydrogen) atoms. The van der Waals surface area contributed by atoms with Crippen LogP contribution in [0.25, 0.3) is 0 Å². The first kappa shape index (κ1) is 15.1. The molecule has 1 aromatic heterocycles. The van der Waals surface area contributed by atoms with Gasteiger partial charge in [0.25, 0.3) is 0 Å².